The molecule has 2 rings (SSSR count). The Kier molecular flexibility index (Phi) is 3.29. The Labute approximate surface area is 88.8 Å². The zero-order valence-corrected chi connectivity index (χ0v) is 10.6. The highest BCUT2D eigenvalue weighted by molar-refractivity contribution is 6.50. The normalized spacial score (nSPS) is 25.1. The van der Waals surface area contributed by atoms with Gasteiger partial charge in [0.1, 0.15) is 0 Å². The van der Waals surface area contributed by atoms with Crippen LogP contribution in [0.15, 0.2) is 0 Å². The van der Waals surface area contributed by atoms with Gasteiger partial charge in [-0.2, -0.15) is 0 Å². The molecule has 0 spiro atoms. The van der Waals surface area contributed by atoms with Gasteiger partial charge >= 0.3 is 9.28 Å². The molecule has 0 saturated heterocycles. The average molecular weight is 214 g/mol. The summed E-state index contributed by atoms with van der Waals surface area (Å²) < 4.78 is 11.8. The summed E-state index contributed by atoms with van der Waals surface area (Å²) in [6.45, 7) is 5.86. The standard InChI is InChI=1S/C11H22O2Si/c1-3-12-14(13-4-2)11(8-9-11)10-6-5-7-10/h10,14H,3-9H2,1-2H3. The van der Waals surface area contributed by atoms with Crippen molar-refractivity contribution in [1.82, 2.24) is 0 Å². The summed E-state index contributed by atoms with van der Waals surface area (Å²) in [7, 11) is -1.36. The largest absolute Gasteiger partial charge is 0.396 e. The van der Waals surface area contributed by atoms with Crippen molar-refractivity contribution in [1.29, 1.82) is 0 Å². The van der Waals surface area contributed by atoms with Gasteiger partial charge in [0.2, 0.25) is 0 Å². The first-order valence-electron chi connectivity index (χ1n) is 6.06. The van der Waals surface area contributed by atoms with E-state index in [9.17, 15) is 0 Å². The molecule has 14 heavy (non-hydrogen) atoms. The molecule has 0 radical (unpaired) electrons. The predicted octanol–water partition coefficient (Wildman–Crippen LogP) is 2.61. The van der Waals surface area contributed by atoms with Crippen molar-refractivity contribution >= 4 is 9.28 Å². The molecule has 0 aromatic heterocycles. The third kappa shape index (κ3) is 1.77. The van der Waals surface area contributed by atoms with E-state index in [1.54, 1.807) is 0 Å². The zero-order chi connectivity index (χ0) is 10.0. The van der Waals surface area contributed by atoms with E-state index in [-0.39, 0.29) is 0 Å². The van der Waals surface area contributed by atoms with Crippen LogP contribution in [0.25, 0.3) is 0 Å². The number of rotatable bonds is 6. The first kappa shape index (κ1) is 10.6. The molecule has 2 nitrogen and oxygen atoms in total. The first-order valence-corrected chi connectivity index (χ1v) is 7.58. The lowest BCUT2D eigenvalue weighted by molar-refractivity contribution is 0.167. The molecule has 0 aliphatic heterocycles. The van der Waals surface area contributed by atoms with Crippen LogP contribution in [0.5, 0.6) is 0 Å². The molecular formula is C11H22O2Si. The molecule has 0 atom stereocenters. The van der Waals surface area contributed by atoms with Gasteiger partial charge in [-0.1, -0.05) is 19.3 Å². The fraction of sp³-hybridized carbons (Fsp3) is 1.00. The summed E-state index contributed by atoms with van der Waals surface area (Å²) >= 11 is 0. The molecule has 2 aliphatic rings. The van der Waals surface area contributed by atoms with Gasteiger partial charge in [-0.15, -0.1) is 0 Å². The van der Waals surface area contributed by atoms with E-state index in [0.717, 1.165) is 19.1 Å². The van der Waals surface area contributed by atoms with Crippen LogP contribution in [0.3, 0.4) is 0 Å². The molecule has 82 valence electrons. The predicted molar refractivity (Wildman–Crippen MR) is 59.7 cm³/mol. The second-order valence-electron chi connectivity index (χ2n) is 4.60. The second kappa shape index (κ2) is 4.33. The highest BCUT2D eigenvalue weighted by atomic mass is 28.3. The molecule has 2 aliphatic carbocycles. The molecule has 2 saturated carbocycles. The van der Waals surface area contributed by atoms with Crippen molar-refractivity contribution in [3.8, 4) is 0 Å². The summed E-state index contributed by atoms with van der Waals surface area (Å²) in [6, 6.07) is 0. The van der Waals surface area contributed by atoms with Gasteiger partial charge < -0.3 is 8.85 Å². The van der Waals surface area contributed by atoms with Gasteiger partial charge in [-0.05, 0) is 32.6 Å². The maximum Gasteiger partial charge on any atom is 0.328 e. The van der Waals surface area contributed by atoms with Gasteiger partial charge in [0.05, 0.1) is 0 Å². The van der Waals surface area contributed by atoms with Crippen molar-refractivity contribution in [2.24, 2.45) is 5.92 Å². The van der Waals surface area contributed by atoms with Gasteiger partial charge in [-0.25, -0.2) is 0 Å². The Balaban J connectivity index is 1.94. The molecule has 0 heterocycles. The minimum atomic E-state index is -1.36. The molecule has 0 aromatic rings. The second-order valence-corrected chi connectivity index (χ2v) is 7.08. The Morgan fingerprint density at radius 3 is 2.00 bits per heavy atom. The molecule has 2 fully saturated rings. The minimum absolute atomic E-state index is 0.560. The fourth-order valence-electron chi connectivity index (χ4n) is 2.65. The van der Waals surface area contributed by atoms with E-state index < -0.39 is 9.28 Å². The van der Waals surface area contributed by atoms with Crippen LogP contribution in [0.1, 0.15) is 46.0 Å². The smallest absolute Gasteiger partial charge is 0.328 e. The lowest BCUT2D eigenvalue weighted by Gasteiger charge is -2.37. The van der Waals surface area contributed by atoms with E-state index in [4.69, 9.17) is 8.85 Å². The summed E-state index contributed by atoms with van der Waals surface area (Å²) in [5.41, 5.74) is 0. The van der Waals surface area contributed by atoms with E-state index in [2.05, 4.69) is 13.8 Å². The summed E-state index contributed by atoms with van der Waals surface area (Å²) in [5.74, 6) is 0.956. The Hall–Kier alpha value is 0.137. The third-order valence-electron chi connectivity index (χ3n) is 3.85. The van der Waals surface area contributed by atoms with Crippen molar-refractivity contribution in [2.75, 3.05) is 13.2 Å². The SMILES string of the molecule is CCO[SiH](OCC)C1(C2CCC2)CC1. The van der Waals surface area contributed by atoms with Crippen LogP contribution < -0.4 is 0 Å². The van der Waals surface area contributed by atoms with Crippen molar-refractivity contribution in [2.45, 2.75) is 51.0 Å². The molecule has 0 N–H and O–H groups in total. The Bertz CT molecular complexity index is 182. The maximum atomic E-state index is 5.88. The molecule has 3 heteroatoms. The fourth-order valence-corrected chi connectivity index (χ4v) is 5.35. The van der Waals surface area contributed by atoms with Crippen LogP contribution in [-0.4, -0.2) is 22.5 Å². The van der Waals surface area contributed by atoms with Gasteiger partial charge in [-0.3, -0.25) is 0 Å². The first-order chi connectivity index (χ1) is 6.83. The number of hydrogen-bond acceptors (Lipinski definition) is 2. The van der Waals surface area contributed by atoms with E-state index in [0.29, 0.717) is 5.04 Å². The third-order valence-corrected chi connectivity index (χ3v) is 7.11. The lowest BCUT2D eigenvalue weighted by Crippen LogP contribution is -2.37. The van der Waals surface area contributed by atoms with Crippen molar-refractivity contribution in [3.63, 3.8) is 0 Å². The van der Waals surface area contributed by atoms with Crippen molar-refractivity contribution in [3.05, 3.63) is 0 Å². The Morgan fingerprint density at radius 2 is 1.71 bits per heavy atom. The van der Waals surface area contributed by atoms with Gasteiger partial charge in [0, 0.05) is 18.3 Å². The average Bonchev–Trinajstić information content (AvgIpc) is 2.83. The topological polar surface area (TPSA) is 18.5 Å². The van der Waals surface area contributed by atoms with E-state index in [1.807, 2.05) is 0 Å². The minimum Gasteiger partial charge on any atom is -0.396 e. The van der Waals surface area contributed by atoms with Crippen LogP contribution in [0.4, 0.5) is 0 Å². The van der Waals surface area contributed by atoms with Gasteiger partial charge in [0.15, 0.2) is 0 Å². The molecular weight excluding hydrogens is 192 g/mol. The van der Waals surface area contributed by atoms with Crippen LogP contribution >= 0.6 is 0 Å². The van der Waals surface area contributed by atoms with Crippen LogP contribution in [0.2, 0.25) is 5.04 Å². The van der Waals surface area contributed by atoms with Crippen molar-refractivity contribution < 1.29 is 8.85 Å². The molecule has 0 bridgehead atoms. The van der Waals surface area contributed by atoms with Crippen LogP contribution in [0, 0.1) is 5.92 Å². The summed E-state index contributed by atoms with van der Waals surface area (Å²) in [6.07, 6.45) is 7.07. The zero-order valence-electron chi connectivity index (χ0n) is 9.42. The van der Waals surface area contributed by atoms with Crippen LogP contribution in [-0.2, 0) is 8.85 Å². The molecule has 0 amide bonds. The van der Waals surface area contributed by atoms with Gasteiger partial charge in [0.25, 0.3) is 0 Å². The lowest BCUT2D eigenvalue weighted by atomic mass is 9.81. The Morgan fingerprint density at radius 1 is 1.14 bits per heavy atom. The van der Waals surface area contributed by atoms with E-state index in [1.165, 1.54) is 32.1 Å². The highest BCUT2D eigenvalue weighted by Gasteiger charge is 2.59. The number of hydrogen-bond donors (Lipinski definition) is 0. The summed E-state index contributed by atoms with van der Waals surface area (Å²) in [4.78, 5) is 0. The monoisotopic (exact) mass is 214 g/mol. The summed E-state index contributed by atoms with van der Waals surface area (Å²) in [5, 5.41) is 0.560. The quantitative estimate of drug-likeness (QED) is 0.633. The van der Waals surface area contributed by atoms with E-state index >= 15 is 0 Å². The highest BCUT2D eigenvalue weighted by Crippen LogP contribution is 2.67. The maximum absolute atomic E-state index is 5.88. The molecule has 0 unspecified atom stereocenters. The molecule has 0 aromatic carbocycles.